The summed E-state index contributed by atoms with van der Waals surface area (Å²) in [7, 11) is 0. The molecule has 0 unspecified atom stereocenters. The standard InChI is InChI=1S/C27H35N5O4/c1-26(2,3)36-25(35)30-20-9-5-8-18-10-11-21(32(18)23(20)33)24(34)31-16-19(17-7-6-14-29-15-17)22(28-4)27(31)12-13-27/h6-7,14-15,18-22H,5,8-13,16H2,1-3H3,(H,30,35)/t18-,19-,20-,21-,22-/m0/s1. The molecule has 0 radical (unpaired) electrons. The van der Waals surface area contributed by atoms with Crippen LogP contribution in [0.4, 0.5) is 4.79 Å². The van der Waals surface area contributed by atoms with Gasteiger partial charge in [0.15, 0.2) is 0 Å². The van der Waals surface area contributed by atoms with Crippen molar-refractivity contribution in [1.82, 2.24) is 20.1 Å². The summed E-state index contributed by atoms with van der Waals surface area (Å²) in [6.07, 6.45) is 8.06. The Hall–Kier alpha value is -3.15. The fraction of sp³-hybridized carbons (Fsp3) is 0.667. The number of amides is 3. The molecule has 1 aromatic heterocycles. The van der Waals surface area contributed by atoms with Crippen LogP contribution in [0, 0.1) is 6.57 Å². The highest BCUT2D eigenvalue weighted by molar-refractivity contribution is 5.93. The van der Waals surface area contributed by atoms with Crippen molar-refractivity contribution in [2.45, 2.75) is 107 Å². The number of nitrogens with zero attached hydrogens (tertiary/aromatic N) is 4. The van der Waals surface area contributed by atoms with Gasteiger partial charge in [0, 0.05) is 25.0 Å². The SMILES string of the molecule is [C-]#[N+][C@H]1[C@H](c2cccnc2)CN(C(=O)[C@@H]2CC[C@@H]3CCC[C@H](NC(=O)OC(C)(C)C)C(=O)N32)C12CC2. The largest absolute Gasteiger partial charge is 0.444 e. The third-order valence-corrected chi connectivity index (χ3v) is 8.19. The molecule has 3 aliphatic heterocycles. The highest BCUT2D eigenvalue weighted by Gasteiger charge is 2.68. The third kappa shape index (κ3) is 4.31. The maximum absolute atomic E-state index is 14.1. The van der Waals surface area contributed by atoms with Crippen molar-refractivity contribution in [2.75, 3.05) is 6.54 Å². The summed E-state index contributed by atoms with van der Waals surface area (Å²) in [6, 6.07) is 2.29. The van der Waals surface area contributed by atoms with Gasteiger partial charge in [-0.1, -0.05) is 6.07 Å². The first-order valence-electron chi connectivity index (χ1n) is 13.0. The molecular formula is C27H35N5O4. The molecule has 192 valence electrons. The highest BCUT2D eigenvalue weighted by Crippen LogP contribution is 2.56. The molecule has 3 amide bonds. The number of ether oxygens (including phenoxy) is 1. The van der Waals surface area contributed by atoms with Gasteiger partial charge >= 0.3 is 6.09 Å². The van der Waals surface area contributed by atoms with Crippen molar-refractivity contribution in [2.24, 2.45) is 0 Å². The zero-order chi connectivity index (χ0) is 25.7. The first-order chi connectivity index (χ1) is 17.1. The van der Waals surface area contributed by atoms with E-state index in [4.69, 9.17) is 11.3 Å². The van der Waals surface area contributed by atoms with Crippen LogP contribution in [0.25, 0.3) is 4.85 Å². The predicted molar refractivity (Wildman–Crippen MR) is 132 cm³/mol. The summed E-state index contributed by atoms with van der Waals surface area (Å²) in [5.41, 5.74) is -0.122. The Balaban J connectivity index is 1.36. The number of nitrogens with one attached hydrogen (secondary N) is 1. The van der Waals surface area contributed by atoms with Crippen LogP contribution in [0.15, 0.2) is 24.5 Å². The Bertz CT molecular complexity index is 1070. The van der Waals surface area contributed by atoms with E-state index in [2.05, 4.69) is 15.1 Å². The van der Waals surface area contributed by atoms with E-state index in [1.165, 1.54) is 0 Å². The van der Waals surface area contributed by atoms with E-state index in [0.29, 0.717) is 19.4 Å². The molecular weight excluding hydrogens is 458 g/mol. The first-order valence-corrected chi connectivity index (χ1v) is 13.0. The maximum atomic E-state index is 14.1. The van der Waals surface area contributed by atoms with Crippen LogP contribution in [0.1, 0.15) is 77.2 Å². The van der Waals surface area contributed by atoms with Crippen LogP contribution < -0.4 is 5.32 Å². The fourth-order valence-corrected chi connectivity index (χ4v) is 6.48. The van der Waals surface area contributed by atoms with Gasteiger partial charge < -0.3 is 24.7 Å². The summed E-state index contributed by atoms with van der Waals surface area (Å²) >= 11 is 0. The molecule has 4 aliphatic rings. The molecule has 4 heterocycles. The summed E-state index contributed by atoms with van der Waals surface area (Å²) in [5.74, 6) is -0.337. The molecule has 0 bridgehead atoms. The van der Waals surface area contributed by atoms with Gasteiger partial charge in [0.05, 0.1) is 5.92 Å². The minimum absolute atomic E-state index is 0.000391. The number of hydrogen-bond acceptors (Lipinski definition) is 5. The number of carbonyl (C=O) groups excluding carboxylic acids is 3. The van der Waals surface area contributed by atoms with Crippen molar-refractivity contribution in [3.05, 3.63) is 41.5 Å². The lowest BCUT2D eigenvalue weighted by Crippen LogP contribution is -2.56. The number of aromatic nitrogens is 1. The van der Waals surface area contributed by atoms with Gasteiger partial charge in [0.25, 0.3) is 6.04 Å². The monoisotopic (exact) mass is 493 g/mol. The Morgan fingerprint density at radius 3 is 2.64 bits per heavy atom. The van der Waals surface area contributed by atoms with Crippen LogP contribution >= 0.6 is 0 Å². The minimum Gasteiger partial charge on any atom is -0.444 e. The molecule has 1 N–H and O–H groups in total. The van der Waals surface area contributed by atoms with Crippen molar-refractivity contribution < 1.29 is 19.1 Å². The molecule has 4 fully saturated rings. The summed E-state index contributed by atoms with van der Waals surface area (Å²) in [5, 5.41) is 2.76. The lowest BCUT2D eigenvalue weighted by atomic mass is 9.92. The molecule has 9 heteroatoms. The van der Waals surface area contributed by atoms with Crippen LogP contribution in [0.2, 0.25) is 0 Å². The van der Waals surface area contributed by atoms with E-state index in [1.807, 2.05) is 17.0 Å². The molecule has 5 rings (SSSR count). The average Bonchev–Trinajstić information content (AvgIpc) is 3.42. The van der Waals surface area contributed by atoms with E-state index in [9.17, 15) is 14.4 Å². The van der Waals surface area contributed by atoms with Gasteiger partial charge in [-0.2, -0.15) is 0 Å². The normalized spacial score (nSPS) is 30.9. The molecule has 5 atom stereocenters. The lowest BCUT2D eigenvalue weighted by molar-refractivity contribution is -0.147. The molecule has 1 spiro atoms. The second-order valence-corrected chi connectivity index (χ2v) is 11.6. The number of rotatable bonds is 3. The maximum Gasteiger partial charge on any atom is 0.408 e. The van der Waals surface area contributed by atoms with Gasteiger partial charge in [-0.05, 0) is 77.3 Å². The van der Waals surface area contributed by atoms with E-state index in [0.717, 1.165) is 37.7 Å². The Morgan fingerprint density at radius 2 is 2.00 bits per heavy atom. The third-order valence-electron chi connectivity index (χ3n) is 8.19. The van der Waals surface area contributed by atoms with Crippen LogP contribution in [-0.4, -0.2) is 74.5 Å². The van der Waals surface area contributed by atoms with Gasteiger partial charge in [-0.25, -0.2) is 11.4 Å². The zero-order valence-corrected chi connectivity index (χ0v) is 21.3. The topological polar surface area (TPSA) is 96.2 Å². The first kappa shape index (κ1) is 24.5. The van der Waals surface area contributed by atoms with Crippen LogP contribution in [0.3, 0.4) is 0 Å². The quantitative estimate of drug-likeness (QED) is 0.652. The summed E-state index contributed by atoms with van der Waals surface area (Å²) in [4.78, 5) is 52.1. The minimum atomic E-state index is -0.703. The van der Waals surface area contributed by atoms with Gasteiger partial charge in [-0.3, -0.25) is 14.6 Å². The van der Waals surface area contributed by atoms with E-state index in [1.54, 1.807) is 38.1 Å². The average molecular weight is 494 g/mol. The van der Waals surface area contributed by atoms with Crippen LogP contribution in [-0.2, 0) is 14.3 Å². The molecule has 3 saturated heterocycles. The molecule has 1 aliphatic carbocycles. The Labute approximate surface area is 212 Å². The van der Waals surface area contributed by atoms with Crippen molar-refractivity contribution in [3.8, 4) is 0 Å². The van der Waals surface area contributed by atoms with E-state index in [-0.39, 0.29) is 29.8 Å². The van der Waals surface area contributed by atoms with Crippen molar-refractivity contribution in [3.63, 3.8) is 0 Å². The van der Waals surface area contributed by atoms with Crippen molar-refractivity contribution >= 4 is 17.9 Å². The smallest absolute Gasteiger partial charge is 0.408 e. The van der Waals surface area contributed by atoms with E-state index < -0.39 is 29.3 Å². The fourth-order valence-electron chi connectivity index (χ4n) is 6.48. The number of alkyl carbamates (subject to hydrolysis) is 1. The summed E-state index contributed by atoms with van der Waals surface area (Å²) < 4.78 is 5.38. The number of hydrogen-bond donors (Lipinski definition) is 1. The number of fused-ring (bicyclic) bond motifs is 1. The van der Waals surface area contributed by atoms with E-state index >= 15 is 0 Å². The number of likely N-dealkylation sites (tertiary alicyclic amines) is 1. The summed E-state index contributed by atoms with van der Waals surface area (Å²) in [6.45, 7) is 13.7. The molecule has 1 aromatic rings. The van der Waals surface area contributed by atoms with Gasteiger partial charge in [0.1, 0.15) is 23.2 Å². The number of pyridine rings is 1. The van der Waals surface area contributed by atoms with Gasteiger partial charge in [0.2, 0.25) is 11.8 Å². The molecule has 9 nitrogen and oxygen atoms in total. The van der Waals surface area contributed by atoms with Crippen molar-refractivity contribution in [1.29, 1.82) is 0 Å². The number of carbonyl (C=O) groups is 3. The zero-order valence-electron chi connectivity index (χ0n) is 21.3. The second kappa shape index (κ2) is 9.06. The highest BCUT2D eigenvalue weighted by atomic mass is 16.6. The Morgan fingerprint density at radius 1 is 1.22 bits per heavy atom. The Kier molecular flexibility index (Phi) is 6.17. The van der Waals surface area contributed by atoms with Gasteiger partial charge in [-0.15, -0.1) is 0 Å². The molecule has 36 heavy (non-hydrogen) atoms. The van der Waals surface area contributed by atoms with Crippen LogP contribution in [0.5, 0.6) is 0 Å². The predicted octanol–water partition coefficient (Wildman–Crippen LogP) is 3.26. The lowest BCUT2D eigenvalue weighted by Gasteiger charge is -2.34. The molecule has 1 saturated carbocycles. The second-order valence-electron chi connectivity index (χ2n) is 11.6. The molecule has 0 aromatic carbocycles.